The number of carboxylic acids is 2. The summed E-state index contributed by atoms with van der Waals surface area (Å²) in [5, 5.41) is 27.0. The number of nitrogens with two attached hydrogens (primary N) is 2. The van der Waals surface area contributed by atoms with Crippen LogP contribution in [0, 0.1) is 16.7 Å². The number of rotatable bonds is 41. The Morgan fingerprint density at radius 1 is 0.556 bits per heavy atom. The molecule has 1 rings (SSSR count). The standard InChI is InChI=1S/C47H87N7O9/c1-36(2)45(59)39(48)23-19-22-34-51-46(60)40(49)24-20-21-33-50-43(56)32-31-41(47(61)62)53-54(63)38-29-27-37(28-30-38)35-52-42(55)25-17-15-13-11-9-7-5-3-4-6-8-10-12-14-16-18-26-44(57)58/h36-41H,3-35,48-49H2,1-2H3,(H5-,50,51,52,53,55,56,57,58,60,61,62,63)/p+1/t37?,38?,39-,40-,41-/m0/s1. The molecule has 3 amide bonds. The molecule has 16 heteroatoms. The van der Waals surface area contributed by atoms with E-state index < -0.39 is 30.1 Å². The second-order valence-corrected chi connectivity index (χ2v) is 18.3. The predicted octanol–water partition coefficient (Wildman–Crippen LogP) is 6.74. The molecule has 1 aliphatic carbocycles. The van der Waals surface area contributed by atoms with Crippen molar-refractivity contribution in [2.75, 3.05) is 19.6 Å². The van der Waals surface area contributed by atoms with Crippen LogP contribution in [0.15, 0.2) is 0 Å². The molecular formula is C47H88N7O9+. The molecule has 63 heavy (non-hydrogen) atoms. The molecule has 0 aromatic rings. The molecule has 16 nitrogen and oxygen atoms in total. The van der Waals surface area contributed by atoms with E-state index in [1.807, 2.05) is 13.8 Å². The van der Waals surface area contributed by atoms with Crippen LogP contribution in [0.1, 0.15) is 206 Å². The second-order valence-electron chi connectivity index (χ2n) is 18.3. The van der Waals surface area contributed by atoms with Crippen molar-refractivity contribution in [1.29, 1.82) is 0 Å². The molecule has 0 aliphatic heterocycles. The van der Waals surface area contributed by atoms with E-state index in [0.29, 0.717) is 82.3 Å². The summed E-state index contributed by atoms with van der Waals surface area (Å²) < 4.78 is 0. The second kappa shape index (κ2) is 36.7. The number of aliphatic carboxylic acids is 2. The lowest BCUT2D eigenvalue weighted by atomic mass is 9.86. The Labute approximate surface area is 378 Å². The first-order valence-electron chi connectivity index (χ1n) is 24.7. The summed E-state index contributed by atoms with van der Waals surface area (Å²) in [6.07, 6.45) is 25.9. The molecule has 0 spiro atoms. The van der Waals surface area contributed by atoms with Gasteiger partial charge in [0.25, 0.3) is 0 Å². The first-order valence-corrected chi connectivity index (χ1v) is 24.7. The number of Topliss-reactive ketones (excluding diaryl/α,β-unsaturated/α-hetero) is 1. The quantitative estimate of drug-likeness (QED) is 0.0180. The molecule has 0 aromatic carbocycles. The first-order chi connectivity index (χ1) is 30.2. The van der Waals surface area contributed by atoms with Crippen molar-refractivity contribution in [3.05, 3.63) is 4.91 Å². The summed E-state index contributed by atoms with van der Waals surface area (Å²) in [5.74, 6) is -2.17. The van der Waals surface area contributed by atoms with E-state index in [4.69, 9.17) is 16.6 Å². The van der Waals surface area contributed by atoms with Crippen LogP contribution >= 0.6 is 0 Å². The number of amides is 3. The third-order valence-corrected chi connectivity index (χ3v) is 12.3. The predicted molar refractivity (Wildman–Crippen MR) is 246 cm³/mol. The number of nitroso groups, excluding NO2 is 1. The summed E-state index contributed by atoms with van der Waals surface area (Å²) >= 11 is 0. The van der Waals surface area contributed by atoms with E-state index in [1.165, 1.54) is 64.2 Å². The fourth-order valence-electron chi connectivity index (χ4n) is 8.08. The number of unbranched alkanes of at least 4 members (excludes halogenated alkanes) is 17. The van der Waals surface area contributed by atoms with Gasteiger partial charge in [0, 0.05) is 57.7 Å². The van der Waals surface area contributed by atoms with Crippen LogP contribution < -0.4 is 32.8 Å². The van der Waals surface area contributed by atoms with Gasteiger partial charge in [-0.15, -0.1) is 5.43 Å². The highest BCUT2D eigenvalue weighted by atomic mass is 16.4. The van der Waals surface area contributed by atoms with E-state index in [-0.39, 0.29) is 54.2 Å². The number of carbonyl (C=O) groups is 6. The van der Waals surface area contributed by atoms with Crippen LogP contribution in [0.2, 0.25) is 0 Å². The highest BCUT2D eigenvalue weighted by molar-refractivity contribution is 5.85. The van der Waals surface area contributed by atoms with Crippen LogP contribution in [0.5, 0.6) is 0 Å². The van der Waals surface area contributed by atoms with E-state index >= 15 is 0 Å². The summed E-state index contributed by atoms with van der Waals surface area (Å²) in [4.78, 5) is 85.0. The number of hydrazine groups is 1. The number of nitrogens with zero attached hydrogens (tertiary/aromatic N) is 1. The zero-order chi connectivity index (χ0) is 46.7. The van der Waals surface area contributed by atoms with Crippen molar-refractivity contribution in [2.45, 2.75) is 231 Å². The van der Waals surface area contributed by atoms with Crippen molar-refractivity contribution < 1.29 is 43.8 Å². The van der Waals surface area contributed by atoms with Gasteiger partial charge < -0.3 is 37.6 Å². The lowest BCUT2D eigenvalue weighted by Crippen LogP contribution is -2.48. The monoisotopic (exact) mass is 895 g/mol. The van der Waals surface area contributed by atoms with Gasteiger partial charge in [0.2, 0.25) is 23.8 Å². The van der Waals surface area contributed by atoms with Crippen molar-refractivity contribution >= 4 is 35.4 Å². The minimum absolute atomic E-state index is 0.0407. The van der Waals surface area contributed by atoms with Crippen LogP contribution in [0.4, 0.5) is 0 Å². The van der Waals surface area contributed by atoms with Crippen LogP contribution in [0.3, 0.4) is 0 Å². The normalized spacial score (nSPS) is 16.5. The Kier molecular flexibility index (Phi) is 33.4. The average molecular weight is 895 g/mol. The van der Waals surface area contributed by atoms with Crippen LogP contribution in [-0.2, 0) is 28.8 Å². The van der Waals surface area contributed by atoms with Crippen molar-refractivity contribution in [2.24, 2.45) is 23.3 Å². The summed E-state index contributed by atoms with van der Waals surface area (Å²) in [5.41, 5.74) is 14.5. The van der Waals surface area contributed by atoms with Crippen LogP contribution in [-0.4, -0.2) is 94.3 Å². The van der Waals surface area contributed by atoms with Gasteiger partial charge in [-0.1, -0.05) is 104 Å². The molecule has 0 unspecified atom stereocenters. The molecule has 0 radical (unpaired) electrons. The van der Waals surface area contributed by atoms with Gasteiger partial charge in [-0.05, 0) is 76.5 Å². The third-order valence-electron chi connectivity index (χ3n) is 12.3. The Balaban J connectivity index is 2.06. The number of carboxylic acid groups (broad SMARTS) is 2. The molecule has 1 aliphatic rings. The minimum Gasteiger partial charge on any atom is -0.481 e. The molecular weight excluding hydrogens is 807 g/mol. The molecule has 1 saturated carbocycles. The maximum atomic E-state index is 12.9. The highest BCUT2D eigenvalue weighted by Crippen LogP contribution is 2.25. The summed E-state index contributed by atoms with van der Waals surface area (Å²) in [7, 11) is 0. The number of hydrogen-bond donors (Lipinski definition) is 8. The fraction of sp³-hybridized carbons (Fsp3) is 0.872. The number of nitrogens with one attached hydrogen (secondary N) is 4. The van der Waals surface area contributed by atoms with Gasteiger partial charge in [-0.25, -0.2) is 4.79 Å². The van der Waals surface area contributed by atoms with Crippen LogP contribution in [0.25, 0.3) is 0 Å². The number of hydrogen-bond acceptors (Lipinski definition) is 9. The SMILES string of the molecule is CC(C)C(=O)[C@@H](N)CCCCNC(=O)[C@@H](N)CCCCNC(=O)CC[C@H](N[N+](=O)C1CCC(CNC(=O)CCCCCCCCCCCCCCCCCCC(=O)O)CC1)C(=O)O. The Morgan fingerprint density at radius 2 is 1.02 bits per heavy atom. The average Bonchev–Trinajstić information content (AvgIpc) is 3.25. The smallest absolute Gasteiger partial charge is 0.332 e. The maximum Gasteiger partial charge on any atom is 0.332 e. The van der Waals surface area contributed by atoms with Crippen molar-refractivity contribution in [1.82, 2.24) is 21.4 Å². The van der Waals surface area contributed by atoms with Gasteiger partial charge in [0.15, 0.2) is 11.8 Å². The lowest BCUT2D eigenvalue weighted by Gasteiger charge is -2.24. The highest BCUT2D eigenvalue weighted by Gasteiger charge is 2.35. The van der Waals surface area contributed by atoms with Crippen molar-refractivity contribution in [3.8, 4) is 0 Å². The molecule has 1 fully saturated rings. The van der Waals surface area contributed by atoms with Gasteiger partial charge >= 0.3 is 11.9 Å². The van der Waals surface area contributed by atoms with E-state index in [2.05, 4.69) is 21.4 Å². The third kappa shape index (κ3) is 31.0. The Bertz CT molecular complexity index is 1310. The van der Waals surface area contributed by atoms with E-state index in [0.717, 1.165) is 57.8 Å². The van der Waals surface area contributed by atoms with Gasteiger partial charge in [0.05, 0.1) is 17.0 Å². The topological polar surface area (TPSA) is 263 Å². The Morgan fingerprint density at radius 3 is 1.51 bits per heavy atom. The molecule has 364 valence electrons. The van der Waals surface area contributed by atoms with E-state index in [9.17, 15) is 38.8 Å². The summed E-state index contributed by atoms with van der Waals surface area (Å²) in [6, 6.07) is -2.73. The number of carbonyl (C=O) groups excluding carboxylic acids is 4. The minimum atomic E-state index is -1.20. The Hall–Kier alpha value is -3.66. The first kappa shape index (κ1) is 57.4. The van der Waals surface area contributed by atoms with Gasteiger partial charge in [-0.3, -0.25) is 24.0 Å². The summed E-state index contributed by atoms with van der Waals surface area (Å²) in [6.45, 7) is 5.05. The van der Waals surface area contributed by atoms with Gasteiger partial charge in [0.1, 0.15) is 4.87 Å². The van der Waals surface area contributed by atoms with Gasteiger partial charge in [-0.2, -0.15) is 0 Å². The molecule has 0 bridgehead atoms. The molecule has 0 heterocycles. The number of ketones is 1. The molecule has 0 saturated heterocycles. The zero-order valence-corrected chi connectivity index (χ0v) is 39.2. The van der Waals surface area contributed by atoms with E-state index in [1.54, 1.807) is 0 Å². The molecule has 10 N–H and O–H groups in total. The van der Waals surface area contributed by atoms with Crippen molar-refractivity contribution in [3.63, 3.8) is 0 Å². The maximum absolute atomic E-state index is 12.9. The zero-order valence-electron chi connectivity index (χ0n) is 39.2. The lowest BCUT2D eigenvalue weighted by molar-refractivity contribution is -0.647. The molecule has 0 aromatic heterocycles. The molecule has 3 atom stereocenters. The fourth-order valence-corrected chi connectivity index (χ4v) is 8.08. The largest absolute Gasteiger partial charge is 0.481 e.